The summed E-state index contributed by atoms with van der Waals surface area (Å²) in [5.74, 6) is -0.551. The van der Waals surface area contributed by atoms with Crippen molar-refractivity contribution in [1.29, 1.82) is 0 Å². The molecule has 0 aliphatic heterocycles. The highest BCUT2D eigenvalue weighted by molar-refractivity contribution is 5.79. The number of hydrogen-bond acceptors (Lipinski definition) is 2. The van der Waals surface area contributed by atoms with Crippen LogP contribution >= 0.6 is 0 Å². The number of halogens is 3. The van der Waals surface area contributed by atoms with Crippen LogP contribution in [-0.4, -0.2) is 34.7 Å². The van der Waals surface area contributed by atoms with Gasteiger partial charge in [0, 0.05) is 6.04 Å². The topological polar surface area (TPSA) is 40.5 Å². The Kier molecular flexibility index (Phi) is 3.68. The third-order valence-corrected chi connectivity index (χ3v) is 2.92. The quantitative estimate of drug-likeness (QED) is 0.915. The first-order valence-corrected chi connectivity index (χ1v) is 5.99. The van der Waals surface area contributed by atoms with Gasteiger partial charge in [0.1, 0.15) is 12.3 Å². The Morgan fingerprint density at radius 3 is 2.58 bits per heavy atom. The van der Waals surface area contributed by atoms with Crippen molar-refractivity contribution >= 4 is 5.91 Å². The van der Waals surface area contributed by atoms with Crippen LogP contribution in [0.25, 0.3) is 0 Å². The van der Waals surface area contributed by atoms with Crippen molar-refractivity contribution in [2.45, 2.75) is 31.5 Å². The zero-order valence-electron chi connectivity index (χ0n) is 10.2. The van der Waals surface area contributed by atoms with E-state index in [1.807, 2.05) is 0 Å². The molecule has 19 heavy (non-hydrogen) atoms. The van der Waals surface area contributed by atoms with E-state index in [0.717, 1.165) is 4.90 Å². The van der Waals surface area contributed by atoms with Crippen molar-refractivity contribution in [3.05, 3.63) is 29.8 Å². The van der Waals surface area contributed by atoms with E-state index >= 15 is 0 Å². The first-order chi connectivity index (χ1) is 8.85. The molecule has 0 spiro atoms. The van der Waals surface area contributed by atoms with Crippen molar-refractivity contribution < 1.29 is 23.1 Å². The van der Waals surface area contributed by atoms with Crippen LogP contribution in [0.2, 0.25) is 0 Å². The molecule has 0 heterocycles. The Hall–Kier alpha value is -1.72. The molecule has 3 nitrogen and oxygen atoms in total. The van der Waals surface area contributed by atoms with E-state index in [4.69, 9.17) is 0 Å². The van der Waals surface area contributed by atoms with Crippen LogP contribution in [0.1, 0.15) is 18.4 Å². The van der Waals surface area contributed by atoms with Crippen LogP contribution in [0, 0.1) is 0 Å². The van der Waals surface area contributed by atoms with E-state index in [-0.39, 0.29) is 18.2 Å². The molecule has 1 aromatic carbocycles. The number of aromatic hydroxyl groups is 1. The van der Waals surface area contributed by atoms with Crippen LogP contribution in [0.4, 0.5) is 13.2 Å². The summed E-state index contributed by atoms with van der Waals surface area (Å²) in [5.41, 5.74) is 0.512. The number of phenolic OH excluding ortho intramolecular Hbond substituents is 1. The second kappa shape index (κ2) is 5.11. The number of nitrogens with zero attached hydrogens (tertiary/aromatic N) is 1. The van der Waals surface area contributed by atoms with Gasteiger partial charge in [0.05, 0.1) is 6.42 Å². The van der Waals surface area contributed by atoms with E-state index < -0.39 is 18.6 Å². The van der Waals surface area contributed by atoms with Gasteiger partial charge in [-0.1, -0.05) is 12.1 Å². The smallest absolute Gasteiger partial charge is 0.406 e. The highest BCUT2D eigenvalue weighted by Crippen LogP contribution is 2.30. The molecule has 0 aromatic heterocycles. The van der Waals surface area contributed by atoms with Gasteiger partial charge in [-0.3, -0.25) is 4.79 Å². The average Bonchev–Trinajstić information content (AvgIpc) is 3.08. The van der Waals surface area contributed by atoms with E-state index in [9.17, 15) is 23.1 Å². The molecular formula is C13H14F3NO2. The number of phenols is 1. The predicted octanol–water partition coefficient (Wildman–Crippen LogP) is 2.49. The second-order valence-corrected chi connectivity index (χ2v) is 4.71. The monoisotopic (exact) mass is 273 g/mol. The lowest BCUT2D eigenvalue weighted by atomic mass is 10.1. The fraction of sp³-hybridized carbons (Fsp3) is 0.462. The van der Waals surface area contributed by atoms with Crippen LogP contribution in [0.5, 0.6) is 5.75 Å². The van der Waals surface area contributed by atoms with Gasteiger partial charge < -0.3 is 10.0 Å². The summed E-state index contributed by atoms with van der Waals surface area (Å²) in [6.07, 6.45) is -3.25. The van der Waals surface area contributed by atoms with E-state index in [1.165, 1.54) is 12.1 Å². The molecule has 1 aromatic rings. The molecule has 1 fully saturated rings. The van der Waals surface area contributed by atoms with Crippen molar-refractivity contribution in [2.75, 3.05) is 6.54 Å². The summed E-state index contributed by atoms with van der Waals surface area (Å²) in [4.78, 5) is 12.8. The van der Waals surface area contributed by atoms with Crippen LogP contribution in [0.15, 0.2) is 24.3 Å². The number of carbonyl (C=O) groups is 1. The van der Waals surface area contributed by atoms with Gasteiger partial charge in [-0.2, -0.15) is 13.2 Å². The third-order valence-electron chi connectivity index (χ3n) is 2.92. The molecule has 6 heteroatoms. The minimum absolute atomic E-state index is 0.000840. The number of hydrogen-bond donors (Lipinski definition) is 1. The Morgan fingerprint density at radius 1 is 1.37 bits per heavy atom. The summed E-state index contributed by atoms with van der Waals surface area (Å²) < 4.78 is 37.3. The zero-order valence-corrected chi connectivity index (χ0v) is 10.2. The maximum atomic E-state index is 12.4. The van der Waals surface area contributed by atoms with Gasteiger partial charge in [0.2, 0.25) is 5.91 Å². The molecule has 0 bridgehead atoms. The molecule has 0 radical (unpaired) electrons. The Labute approximate surface area is 108 Å². The molecule has 0 atom stereocenters. The highest BCUT2D eigenvalue weighted by Gasteiger charge is 2.40. The van der Waals surface area contributed by atoms with E-state index in [0.29, 0.717) is 18.4 Å². The first kappa shape index (κ1) is 13.7. The maximum absolute atomic E-state index is 12.4. The summed E-state index contributed by atoms with van der Waals surface area (Å²) >= 11 is 0. The van der Waals surface area contributed by atoms with Crippen molar-refractivity contribution in [3.8, 4) is 5.75 Å². The predicted molar refractivity (Wildman–Crippen MR) is 62.6 cm³/mol. The fourth-order valence-corrected chi connectivity index (χ4v) is 1.94. The molecule has 1 N–H and O–H groups in total. The molecule has 1 amide bonds. The molecule has 104 valence electrons. The molecule has 2 rings (SSSR count). The number of benzene rings is 1. The Morgan fingerprint density at radius 2 is 2.05 bits per heavy atom. The normalized spacial score (nSPS) is 15.3. The average molecular weight is 273 g/mol. The molecule has 1 saturated carbocycles. The van der Waals surface area contributed by atoms with E-state index in [2.05, 4.69) is 0 Å². The lowest BCUT2D eigenvalue weighted by Crippen LogP contribution is -2.41. The third kappa shape index (κ3) is 4.15. The second-order valence-electron chi connectivity index (χ2n) is 4.71. The molecule has 1 aliphatic rings. The van der Waals surface area contributed by atoms with Gasteiger partial charge in [0.15, 0.2) is 0 Å². The molecule has 1 aliphatic carbocycles. The van der Waals surface area contributed by atoms with Gasteiger partial charge >= 0.3 is 6.18 Å². The number of alkyl halides is 3. The summed E-state index contributed by atoms with van der Waals surface area (Å²) in [6, 6.07) is 5.71. The van der Waals surface area contributed by atoms with Crippen LogP contribution < -0.4 is 0 Å². The summed E-state index contributed by atoms with van der Waals surface area (Å²) in [6.45, 7) is -1.20. The van der Waals surface area contributed by atoms with Gasteiger partial charge in [-0.25, -0.2) is 0 Å². The highest BCUT2D eigenvalue weighted by atomic mass is 19.4. The zero-order chi connectivity index (χ0) is 14.0. The first-order valence-electron chi connectivity index (χ1n) is 5.99. The van der Waals surface area contributed by atoms with Crippen LogP contribution in [-0.2, 0) is 11.2 Å². The minimum atomic E-state index is -4.38. The number of carbonyl (C=O) groups excluding carboxylic acids is 1. The molecule has 0 unspecified atom stereocenters. The molecular weight excluding hydrogens is 259 g/mol. The summed E-state index contributed by atoms with van der Waals surface area (Å²) in [5, 5.41) is 9.27. The lowest BCUT2D eigenvalue weighted by molar-refractivity contribution is -0.162. The molecule has 0 saturated heterocycles. The largest absolute Gasteiger partial charge is 0.508 e. The van der Waals surface area contributed by atoms with Gasteiger partial charge in [-0.15, -0.1) is 0 Å². The van der Waals surface area contributed by atoms with Gasteiger partial charge in [0.25, 0.3) is 0 Å². The van der Waals surface area contributed by atoms with Crippen molar-refractivity contribution in [1.82, 2.24) is 4.90 Å². The SMILES string of the molecule is O=C(Cc1cccc(O)c1)N(CC(F)(F)F)C1CC1. The van der Waals surface area contributed by atoms with Crippen molar-refractivity contribution in [2.24, 2.45) is 0 Å². The van der Waals surface area contributed by atoms with Crippen molar-refractivity contribution in [3.63, 3.8) is 0 Å². The Bertz CT molecular complexity index is 469. The van der Waals surface area contributed by atoms with E-state index in [1.54, 1.807) is 12.1 Å². The lowest BCUT2D eigenvalue weighted by Gasteiger charge is -2.23. The standard InChI is InChI=1S/C13H14F3NO2/c14-13(15,16)8-17(10-4-5-10)12(19)7-9-2-1-3-11(18)6-9/h1-3,6,10,18H,4-5,7-8H2. The number of rotatable bonds is 4. The van der Waals surface area contributed by atoms with Gasteiger partial charge in [-0.05, 0) is 30.5 Å². The fourth-order valence-electron chi connectivity index (χ4n) is 1.94. The van der Waals surface area contributed by atoms with Crippen LogP contribution in [0.3, 0.4) is 0 Å². The summed E-state index contributed by atoms with van der Waals surface area (Å²) in [7, 11) is 0. The minimum Gasteiger partial charge on any atom is -0.508 e. The maximum Gasteiger partial charge on any atom is 0.406 e. The Balaban J connectivity index is 2.03. The number of amides is 1.